The molecule has 10 aromatic carbocycles. The van der Waals surface area contributed by atoms with E-state index in [2.05, 4.69) is 12.1 Å². The number of rotatable bonds is 6. The predicted molar refractivity (Wildman–Crippen MR) is 243 cm³/mol. The first-order valence-electron chi connectivity index (χ1n) is 23.1. The molecule has 5 nitrogen and oxygen atoms in total. The van der Waals surface area contributed by atoms with Crippen molar-refractivity contribution in [2.24, 2.45) is 0 Å². The molecule has 0 saturated carbocycles. The third-order valence-corrected chi connectivity index (χ3v) is 10.8. The van der Waals surface area contributed by atoms with E-state index in [0.29, 0.717) is 45.0 Å². The molecule has 0 aliphatic carbocycles. The topological polar surface area (TPSA) is 55.3 Å². The molecule has 0 radical (unpaired) electrons. The van der Waals surface area contributed by atoms with Crippen LogP contribution in [-0.2, 0) is 0 Å². The lowest BCUT2D eigenvalue weighted by atomic mass is 9.98. The summed E-state index contributed by atoms with van der Waals surface area (Å²) < 4.78 is 82.1. The van der Waals surface area contributed by atoms with Crippen molar-refractivity contribution in [3.05, 3.63) is 200 Å². The number of hydrogen-bond acceptors (Lipinski definition) is 5. The maximum Gasteiger partial charge on any atom is 0.227 e. The minimum absolute atomic E-state index is 0.0501. The molecule has 59 heavy (non-hydrogen) atoms. The van der Waals surface area contributed by atoms with E-state index in [0.717, 1.165) is 55.1 Å². The van der Waals surface area contributed by atoms with E-state index in [1.165, 1.54) is 0 Å². The van der Waals surface area contributed by atoms with Crippen molar-refractivity contribution in [1.82, 2.24) is 9.97 Å². The van der Waals surface area contributed by atoms with Crippen LogP contribution in [0.2, 0.25) is 0 Å². The lowest BCUT2D eigenvalue weighted by Crippen LogP contribution is -2.09. The average molecular weight is 764 g/mol. The summed E-state index contributed by atoms with van der Waals surface area (Å²) in [5, 5.41) is 5.23. The van der Waals surface area contributed by atoms with E-state index in [4.69, 9.17) is 28.4 Å². The molecule has 0 unspecified atom stereocenters. The van der Waals surface area contributed by atoms with Crippen molar-refractivity contribution in [2.75, 3.05) is 4.90 Å². The molecule has 0 fully saturated rings. The molecule has 2 heterocycles. The number of aromatic nitrogens is 2. The van der Waals surface area contributed by atoms with Crippen molar-refractivity contribution in [1.29, 1.82) is 0 Å². The molecular weight excluding hydrogens is 723 g/mol. The molecule has 0 atom stereocenters. The molecule has 276 valence electrons. The van der Waals surface area contributed by atoms with Crippen LogP contribution >= 0.6 is 0 Å². The number of oxazole rings is 2. The summed E-state index contributed by atoms with van der Waals surface area (Å²) in [6.07, 6.45) is 0. The summed E-state index contributed by atoms with van der Waals surface area (Å²) >= 11 is 0. The van der Waals surface area contributed by atoms with Gasteiger partial charge < -0.3 is 13.7 Å². The Morgan fingerprint density at radius 1 is 0.373 bits per heavy atom. The summed E-state index contributed by atoms with van der Waals surface area (Å²) in [5.74, 6) is 0.981. The Morgan fingerprint density at radius 3 is 1.49 bits per heavy atom. The normalized spacial score (nSPS) is 13.6. The van der Waals surface area contributed by atoms with Crippen molar-refractivity contribution < 1.29 is 19.8 Å². The van der Waals surface area contributed by atoms with E-state index in [1.54, 1.807) is 24.3 Å². The Balaban J connectivity index is 0.959. The zero-order valence-electron chi connectivity index (χ0n) is 39.1. The van der Waals surface area contributed by atoms with Crippen molar-refractivity contribution in [3.63, 3.8) is 0 Å². The molecule has 5 heteroatoms. The molecule has 0 N–H and O–H groups in total. The van der Waals surface area contributed by atoms with Crippen molar-refractivity contribution >= 4 is 82.4 Å². The second-order valence-corrected chi connectivity index (χ2v) is 14.5. The van der Waals surface area contributed by atoms with Gasteiger partial charge in [-0.15, -0.1) is 0 Å². The minimum Gasteiger partial charge on any atom is -0.436 e. The number of anilines is 3. The molecule has 0 aliphatic rings. The number of benzene rings is 10. The second-order valence-electron chi connectivity index (χ2n) is 14.5. The van der Waals surface area contributed by atoms with Crippen LogP contribution in [0.15, 0.2) is 209 Å². The molecular formula is C54H33N3O2. The lowest BCUT2D eigenvalue weighted by molar-refractivity contribution is 0.620. The van der Waals surface area contributed by atoms with E-state index in [1.807, 2.05) is 120 Å². The van der Waals surface area contributed by atoms with Crippen molar-refractivity contribution in [3.8, 4) is 34.0 Å². The maximum atomic E-state index is 9.38. The van der Waals surface area contributed by atoms with Gasteiger partial charge >= 0.3 is 0 Å². The van der Waals surface area contributed by atoms with Gasteiger partial charge in [-0.3, -0.25) is 0 Å². The van der Waals surface area contributed by atoms with E-state index >= 15 is 0 Å². The highest BCUT2D eigenvalue weighted by molar-refractivity contribution is 5.97. The molecule has 12 aromatic rings. The monoisotopic (exact) mass is 763 g/mol. The van der Waals surface area contributed by atoms with Crippen LogP contribution in [0.25, 0.3) is 99.3 Å². The van der Waals surface area contributed by atoms with Crippen LogP contribution in [0, 0.1) is 0 Å². The first kappa shape index (κ1) is 26.0. The largest absolute Gasteiger partial charge is 0.436 e. The van der Waals surface area contributed by atoms with E-state index < -0.39 is 30.2 Å². The van der Waals surface area contributed by atoms with E-state index in [-0.39, 0.29) is 34.5 Å². The van der Waals surface area contributed by atoms with Gasteiger partial charge in [0.25, 0.3) is 0 Å². The predicted octanol–water partition coefficient (Wildman–Crippen LogP) is 15.1. The van der Waals surface area contributed by atoms with E-state index in [9.17, 15) is 1.37 Å². The first-order valence-corrected chi connectivity index (χ1v) is 19.1. The van der Waals surface area contributed by atoms with Crippen LogP contribution < -0.4 is 4.90 Å². The zero-order valence-corrected chi connectivity index (χ0v) is 31.1. The molecule has 2 aromatic heterocycles. The quantitative estimate of drug-likeness (QED) is 0.169. The van der Waals surface area contributed by atoms with Crippen molar-refractivity contribution in [2.45, 2.75) is 0 Å². The molecule has 0 amide bonds. The third kappa shape index (κ3) is 5.87. The summed E-state index contributed by atoms with van der Waals surface area (Å²) in [4.78, 5) is 11.7. The van der Waals surface area contributed by atoms with Gasteiger partial charge in [0.2, 0.25) is 11.8 Å². The van der Waals surface area contributed by atoms with Gasteiger partial charge in [0.1, 0.15) is 11.0 Å². The average Bonchev–Trinajstić information content (AvgIpc) is 3.96. The van der Waals surface area contributed by atoms with Gasteiger partial charge in [-0.2, -0.15) is 0 Å². The van der Waals surface area contributed by atoms with Gasteiger partial charge in [-0.05, 0) is 151 Å². The van der Waals surface area contributed by atoms with Crippen LogP contribution in [0.1, 0.15) is 11.0 Å². The highest BCUT2D eigenvalue weighted by Gasteiger charge is 2.17. The highest BCUT2D eigenvalue weighted by atomic mass is 16.4. The molecule has 0 bridgehead atoms. The Hall–Kier alpha value is -8.02. The molecule has 12 rings (SSSR count). The fraction of sp³-hybridized carbons (Fsp3) is 0. The Morgan fingerprint density at radius 2 is 0.898 bits per heavy atom. The SMILES string of the molecule is [2H]c1c([2H])c([2H])c2c([2H])c(-c3ccc4cc(N(c5ccc(-c6nc7cc8ccccc8cc7o6)cc5)c5ccc(-c6nc7cc8ccccc8cc7o6)cc5)cc([2H])c4c3)c([2H])c([2H])c2c1[2H]. The Labute approximate surface area is 350 Å². The summed E-state index contributed by atoms with van der Waals surface area (Å²) in [6, 6.07) is 46.2. The van der Waals surface area contributed by atoms with Gasteiger partial charge in [0.05, 0.1) is 11.0 Å². The summed E-state index contributed by atoms with van der Waals surface area (Å²) in [7, 11) is 0. The minimum atomic E-state index is -0.520. The van der Waals surface area contributed by atoms with Gasteiger partial charge in [-0.1, -0.05) is 103 Å². The number of hydrogen-bond donors (Lipinski definition) is 0. The first-order chi connectivity index (χ1) is 32.5. The van der Waals surface area contributed by atoms with Crippen LogP contribution in [0.5, 0.6) is 0 Å². The third-order valence-electron chi connectivity index (χ3n) is 10.8. The Bertz CT molecular complexity index is 3780. The van der Waals surface area contributed by atoms with Gasteiger partial charge in [0, 0.05) is 28.2 Å². The fourth-order valence-corrected chi connectivity index (χ4v) is 7.80. The molecule has 0 saturated heterocycles. The lowest BCUT2D eigenvalue weighted by Gasteiger charge is -2.26. The molecule has 0 aliphatic heterocycles. The van der Waals surface area contributed by atoms with Gasteiger partial charge in [-0.25, -0.2) is 9.97 Å². The Kier molecular flexibility index (Phi) is 5.86. The number of nitrogens with zero attached hydrogens (tertiary/aromatic N) is 3. The van der Waals surface area contributed by atoms with Crippen LogP contribution in [0.4, 0.5) is 17.1 Å². The molecule has 0 spiro atoms. The second kappa shape index (κ2) is 13.3. The fourth-order valence-electron chi connectivity index (χ4n) is 7.80. The summed E-state index contributed by atoms with van der Waals surface area (Å²) in [6.45, 7) is 0. The number of fused-ring (bicyclic) bond motifs is 6. The van der Waals surface area contributed by atoms with Gasteiger partial charge in [0.15, 0.2) is 11.2 Å². The maximum absolute atomic E-state index is 9.38. The standard InChI is InChI=1S/C54H33N3O2/c1-2-8-37-27-42(14-13-34(37)7-1)43-15-16-45-29-48(26-21-44(45)28-43)57(46-22-17-35(18-23-46)53-55-49-30-38-9-3-5-11-40(38)32-51(49)58-53)47-24-19-36(20-25-47)54-56-50-31-39-10-4-6-12-41(39)33-52(50)59-54/h1-33H/i1D,2D,7D,8D,13D,14D,21D,27D. The highest BCUT2D eigenvalue weighted by Crippen LogP contribution is 2.39. The zero-order chi connectivity index (χ0) is 45.8. The van der Waals surface area contributed by atoms with Crippen LogP contribution in [0.3, 0.4) is 0 Å². The smallest absolute Gasteiger partial charge is 0.227 e. The van der Waals surface area contributed by atoms with Crippen LogP contribution in [-0.4, -0.2) is 9.97 Å². The summed E-state index contributed by atoms with van der Waals surface area (Å²) in [5.41, 5.74) is 7.21.